The second-order valence-electron chi connectivity index (χ2n) is 8.87. The minimum absolute atomic E-state index is 0.174. The smallest absolute Gasteiger partial charge is 0.309 e. The summed E-state index contributed by atoms with van der Waals surface area (Å²) in [5.41, 5.74) is 3.50. The van der Waals surface area contributed by atoms with Crippen molar-refractivity contribution < 1.29 is 19.0 Å². The molecule has 34 heavy (non-hydrogen) atoms. The molecule has 0 aliphatic carbocycles. The van der Waals surface area contributed by atoms with Crippen molar-refractivity contribution in [3.05, 3.63) is 87.5 Å². The fraction of sp³-hybridized carbons (Fsp3) is 0.222. The Labute approximate surface area is 194 Å². The van der Waals surface area contributed by atoms with Crippen molar-refractivity contribution in [3.63, 3.8) is 0 Å². The second kappa shape index (κ2) is 7.33. The van der Waals surface area contributed by atoms with Crippen molar-refractivity contribution >= 4 is 16.9 Å². The van der Waals surface area contributed by atoms with Gasteiger partial charge in [-0.25, -0.2) is 9.37 Å². The third-order valence-corrected chi connectivity index (χ3v) is 6.99. The van der Waals surface area contributed by atoms with Crippen molar-refractivity contribution in [2.75, 3.05) is 0 Å². The van der Waals surface area contributed by atoms with Gasteiger partial charge in [-0.15, -0.1) is 0 Å². The molecule has 4 heterocycles. The number of benzene rings is 2. The number of hydrogen-bond acceptors (Lipinski definition) is 5. The summed E-state index contributed by atoms with van der Waals surface area (Å²) in [4.78, 5) is 30.6. The molecule has 0 spiro atoms. The molecule has 0 radical (unpaired) electrons. The molecule has 0 amide bonds. The van der Waals surface area contributed by atoms with Crippen LogP contribution in [0.15, 0.2) is 59.4 Å². The fourth-order valence-corrected chi connectivity index (χ4v) is 5.17. The predicted molar refractivity (Wildman–Crippen MR) is 125 cm³/mol. The van der Waals surface area contributed by atoms with Crippen LogP contribution >= 0.6 is 0 Å². The number of para-hydroxylation sites is 1. The largest absolute Gasteiger partial charge is 0.460 e. The van der Waals surface area contributed by atoms with Crippen LogP contribution in [0.3, 0.4) is 0 Å². The van der Waals surface area contributed by atoms with Gasteiger partial charge in [-0.1, -0.05) is 37.3 Å². The number of hydrogen-bond donors (Lipinski definition) is 1. The molecule has 2 aliphatic rings. The number of ether oxygens (including phenoxy) is 1. The number of cyclic esters (lactones) is 1. The molecule has 0 saturated heterocycles. The van der Waals surface area contributed by atoms with Gasteiger partial charge in [0.2, 0.25) is 0 Å². The Morgan fingerprint density at radius 1 is 1.12 bits per heavy atom. The molecule has 0 saturated carbocycles. The molecule has 2 aromatic carbocycles. The molecule has 0 unspecified atom stereocenters. The van der Waals surface area contributed by atoms with Gasteiger partial charge >= 0.3 is 5.97 Å². The molecule has 2 aliphatic heterocycles. The summed E-state index contributed by atoms with van der Waals surface area (Å²) in [6.45, 7) is 1.88. The molecule has 6 rings (SSSR count). The Balaban J connectivity index is 1.66. The standard InChI is InChI=1S/C27H21FN2O4/c1-2-27(33)12-23(31)34-14-19-20(27)11-22-25-18(13-30(22)26(19)32)24(15-7-9-16(28)10-8-15)17-5-3-4-6-21(17)29-25/h3-11,33H,2,12-14H2,1H3/t27-/m1/s1. The quantitative estimate of drug-likeness (QED) is 0.401. The summed E-state index contributed by atoms with van der Waals surface area (Å²) in [5, 5.41) is 12.2. The van der Waals surface area contributed by atoms with E-state index >= 15 is 0 Å². The first-order valence-electron chi connectivity index (χ1n) is 11.2. The summed E-state index contributed by atoms with van der Waals surface area (Å²) >= 11 is 0. The van der Waals surface area contributed by atoms with E-state index in [9.17, 15) is 19.1 Å². The number of carbonyl (C=O) groups is 1. The Hall–Kier alpha value is -3.84. The van der Waals surface area contributed by atoms with Gasteiger partial charge in [0.05, 0.1) is 35.4 Å². The lowest BCUT2D eigenvalue weighted by atomic mass is 9.85. The topological polar surface area (TPSA) is 81.4 Å². The van der Waals surface area contributed by atoms with Crippen molar-refractivity contribution in [1.29, 1.82) is 0 Å². The first kappa shape index (κ1) is 20.7. The molecule has 1 atom stereocenters. The van der Waals surface area contributed by atoms with E-state index < -0.39 is 11.6 Å². The van der Waals surface area contributed by atoms with Crippen LogP contribution < -0.4 is 5.56 Å². The van der Waals surface area contributed by atoms with Crippen molar-refractivity contribution in [3.8, 4) is 22.5 Å². The van der Waals surface area contributed by atoms with E-state index in [1.165, 1.54) is 12.1 Å². The van der Waals surface area contributed by atoms with Crippen LogP contribution in [0.2, 0.25) is 0 Å². The third kappa shape index (κ3) is 2.93. The Morgan fingerprint density at radius 3 is 2.65 bits per heavy atom. The van der Waals surface area contributed by atoms with Crippen molar-refractivity contribution in [1.82, 2.24) is 9.55 Å². The maximum absolute atomic E-state index is 13.7. The molecular formula is C27H21FN2O4. The van der Waals surface area contributed by atoms with Crippen LogP contribution in [0, 0.1) is 5.82 Å². The minimum Gasteiger partial charge on any atom is -0.460 e. The van der Waals surface area contributed by atoms with Crippen molar-refractivity contribution in [2.24, 2.45) is 0 Å². The number of aromatic nitrogens is 2. The Kier molecular flexibility index (Phi) is 4.47. The molecular weight excluding hydrogens is 435 g/mol. The zero-order valence-electron chi connectivity index (χ0n) is 18.5. The number of halogens is 1. The summed E-state index contributed by atoms with van der Waals surface area (Å²) in [5.74, 6) is -0.858. The van der Waals surface area contributed by atoms with Crippen LogP contribution in [0.5, 0.6) is 0 Å². The van der Waals surface area contributed by atoms with E-state index in [1.807, 2.05) is 24.3 Å². The number of rotatable bonds is 2. The van der Waals surface area contributed by atoms with Gasteiger partial charge in [-0.2, -0.15) is 0 Å². The Morgan fingerprint density at radius 2 is 1.88 bits per heavy atom. The molecule has 0 bridgehead atoms. The maximum atomic E-state index is 13.7. The molecule has 2 aromatic heterocycles. The molecule has 0 fully saturated rings. The summed E-state index contributed by atoms with van der Waals surface area (Å²) in [7, 11) is 0. The van der Waals surface area contributed by atoms with E-state index in [0.29, 0.717) is 22.5 Å². The van der Waals surface area contributed by atoms with Gasteiger partial charge in [-0.05, 0) is 47.4 Å². The van der Waals surface area contributed by atoms with E-state index in [4.69, 9.17) is 9.72 Å². The van der Waals surface area contributed by atoms with Crippen LogP contribution in [-0.4, -0.2) is 20.6 Å². The minimum atomic E-state index is -1.49. The van der Waals surface area contributed by atoms with Gasteiger partial charge in [-0.3, -0.25) is 9.59 Å². The number of pyridine rings is 2. The lowest BCUT2D eigenvalue weighted by Crippen LogP contribution is -2.32. The highest BCUT2D eigenvalue weighted by Gasteiger charge is 2.39. The number of carbonyl (C=O) groups excluding carboxylic acids is 1. The molecule has 4 aromatic rings. The summed E-state index contributed by atoms with van der Waals surface area (Å²) in [6.07, 6.45) is 0.0507. The first-order valence-corrected chi connectivity index (χ1v) is 11.2. The average Bonchev–Trinajstić information content (AvgIpc) is 3.14. The van der Waals surface area contributed by atoms with E-state index in [1.54, 1.807) is 29.7 Å². The summed E-state index contributed by atoms with van der Waals surface area (Å²) in [6, 6.07) is 15.8. The van der Waals surface area contributed by atoms with Gasteiger partial charge in [0.1, 0.15) is 18.0 Å². The van der Waals surface area contributed by atoms with Gasteiger partial charge in [0, 0.05) is 10.9 Å². The zero-order valence-corrected chi connectivity index (χ0v) is 18.5. The zero-order chi connectivity index (χ0) is 23.6. The number of fused-ring (bicyclic) bond motifs is 5. The highest BCUT2D eigenvalue weighted by atomic mass is 19.1. The molecule has 1 N–H and O–H groups in total. The lowest BCUT2D eigenvalue weighted by Gasteiger charge is -2.26. The number of esters is 1. The molecule has 7 heteroatoms. The maximum Gasteiger partial charge on any atom is 0.309 e. The van der Waals surface area contributed by atoms with Gasteiger partial charge in [0.15, 0.2) is 0 Å². The number of nitrogens with zero attached hydrogens (tertiary/aromatic N) is 2. The third-order valence-electron chi connectivity index (χ3n) is 6.99. The SMILES string of the molecule is CC[C@@]1(O)CC(=O)OCc2c1cc1n(c2=O)Cc2c-1nc1ccccc1c2-c1ccc(F)cc1. The van der Waals surface area contributed by atoms with E-state index in [-0.39, 0.29) is 37.4 Å². The van der Waals surface area contributed by atoms with Gasteiger partial charge in [0.25, 0.3) is 5.56 Å². The molecule has 6 nitrogen and oxygen atoms in total. The predicted octanol–water partition coefficient (Wildman–Crippen LogP) is 4.28. The van der Waals surface area contributed by atoms with E-state index in [0.717, 1.165) is 27.6 Å². The van der Waals surface area contributed by atoms with Crippen molar-refractivity contribution in [2.45, 2.75) is 38.5 Å². The van der Waals surface area contributed by atoms with Crippen LogP contribution in [-0.2, 0) is 28.3 Å². The fourth-order valence-electron chi connectivity index (χ4n) is 5.17. The normalized spacial score (nSPS) is 18.7. The lowest BCUT2D eigenvalue weighted by molar-refractivity contribution is -0.149. The van der Waals surface area contributed by atoms with E-state index in [2.05, 4.69) is 0 Å². The number of aliphatic hydroxyl groups is 1. The monoisotopic (exact) mass is 456 g/mol. The Bertz CT molecular complexity index is 1560. The van der Waals surface area contributed by atoms with Crippen LogP contribution in [0.25, 0.3) is 33.4 Å². The highest BCUT2D eigenvalue weighted by Crippen LogP contribution is 2.43. The summed E-state index contributed by atoms with van der Waals surface area (Å²) < 4.78 is 20.6. The average molecular weight is 456 g/mol. The van der Waals surface area contributed by atoms with Crippen LogP contribution in [0.1, 0.15) is 36.5 Å². The second-order valence-corrected chi connectivity index (χ2v) is 8.87. The van der Waals surface area contributed by atoms with Gasteiger partial charge < -0.3 is 14.4 Å². The van der Waals surface area contributed by atoms with Crippen LogP contribution in [0.4, 0.5) is 4.39 Å². The first-order chi connectivity index (χ1) is 16.4. The highest BCUT2D eigenvalue weighted by molar-refractivity contribution is 5.99. The molecule has 170 valence electrons.